The number of nitrogens with zero attached hydrogens (tertiary/aromatic N) is 4. The topological polar surface area (TPSA) is 68.6 Å². The average Bonchev–Trinajstić information content (AvgIpc) is 3.08. The molecule has 4 rings (SSSR count). The van der Waals surface area contributed by atoms with Crippen LogP contribution in [0.3, 0.4) is 0 Å². The van der Waals surface area contributed by atoms with Crippen molar-refractivity contribution in [1.82, 2.24) is 14.6 Å². The summed E-state index contributed by atoms with van der Waals surface area (Å²) in [6.45, 7) is 8.39. The molecule has 3 heterocycles. The highest BCUT2D eigenvalue weighted by molar-refractivity contribution is 6.01. The highest BCUT2D eigenvalue weighted by atomic mass is 19.1. The minimum atomic E-state index is -0.299. The van der Waals surface area contributed by atoms with E-state index in [1.54, 1.807) is 16.9 Å². The highest BCUT2D eigenvalue weighted by Crippen LogP contribution is 2.47. The molecular formula is C19H20FN5. The van der Waals surface area contributed by atoms with Crippen molar-refractivity contribution in [3.05, 3.63) is 42.0 Å². The van der Waals surface area contributed by atoms with E-state index in [0.717, 1.165) is 27.9 Å². The van der Waals surface area contributed by atoms with Crippen molar-refractivity contribution in [1.29, 1.82) is 0 Å². The number of anilines is 1. The molecule has 2 aromatic heterocycles. The Morgan fingerprint density at radius 1 is 1.28 bits per heavy atom. The van der Waals surface area contributed by atoms with E-state index in [1.807, 2.05) is 19.1 Å². The average molecular weight is 337 g/mol. The number of benzene rings is 1. The molecule has 1 aliphatic rings. The van der Waals surface area contributed by atoms with Crippen molar-refractivity contribution in [2.24, 2.45) is 10.9 Å². The fourth-order valence-electron chi connectivity index (χ4n) is 3.63. The summed E-state index contributed by atoms with van der Waals surface area (Å²) in [5, 5.41) is 4.15. The van der Waals surface area contributed by atoms with Gasteiger partial charge in [0.05, 0.1) is 11.7 Å². The minimum Gasteiger partial charge on any atom is -0.367 e. The summed E-state index contributed by atoms with van der Waals surface area (Å²) in [6, 6.07) is 5.48. The summed E-state index contributed by atoms with van der Waals surface area (Å²) < 4.78 is 16.5. The fraction of sp³-hybridized carbons (Fsp3) is 0.316. The van der Waals surface area contributed by atoms with E-state index in [9.17, 15) is 4.39 Å². The first-order valence-corrected chi connectivity index (χ1v) is 8.32. The van der Waals surface area contributed by atoms with Gasteiger partial charge in [-0.25, -0.2) is 13.9 Å². The van der Waals surface area contributed by atoms with Gasteiger partial charge in [0.1, 0.15) is 11.5 Å². The number of nitrogen functional groups attached to an aromatic ring is 1. The predicted octanol–water partition coefficient (Wildman–Crippen LogP) is 4.14. The quantitative estimate of drug-likeness (QED) is 0.764. The molecular weight excluding hydrogens is 317 g/mol. The number of fused-ring (bicyclic) bond motifs is 2. The lowest BCUT2D eigenvalue weighted by Gasteiger charge is -2.31. The van der Waals surface area contributed by atoms with Crippen LogP contribution in [0.5, 0.6) is 0 Å². The van der Waals surface area contributed by atoms with Gasteiger partial charge in [-0.2, -0.15) is 0 Å². The molecule has 0 fully saturated rings. The third-order valence-electron chi connectivity index (χ3n) is 5.55. The van der Waals surface area contributed by atoms with Crippen LogP contribution in [0.4, 0.5) is 16.0 Å². The number of hydrogen-bond donors (Lipinski definition) is 1. The second-order valence-electron chi connectivity index (χ2n) is 7.08. The molecule has 0 spiro atoms. The Morgan fingerprint density at radius 3 is 2.76 bits per heavy atom. The molecule has 0 saturated carbocycles. The zero-order valence-corrected chi connectivity index (χ0v) is 14.7. The van der Waals surface area contributed by atoms with Crippen molar-refractivity contribution < 1.29 is 4.39 Å². The smallest absolute Gasteiger partial charge is 0.238 e. The molecule has 0 radical (unpaired) electrons. The summed E-state index contributed by atoms with van der Waals surface area (Å²) in [4.78, 5) is 8.58. The van der Waals surface area contributed by atoms with Crippen molar-refractivity contribution in [3.63, 3.8) is 0 Å². The van der Waals surface area contributed by atoms with Crippen LogP contribution in [-0.4, -0.2) is 20.3 Å². The Kier molecular flexibility index (Phi) is 3.22. The fourth-order valence-corrected chi connectivity index (χ4v) is 3.63. The summed E-state index contributed by atoms with van der Waals surface area (Å²) in [5.41, 5.74) is 10.2. The van der Waals surface area contributed by atoms with Crippen LogP contribution in [0.1, 0.15) is 33.3 Å². The number of hydrogen-bond acceptors (Lipinski definition) is 4. The first kappa shape index (κ1) is 15.7. The number of rotatable bonds is 2. The molecule has 1 aromatic carbocycles. The number of aliphatic imine (C=N–C) groups is 1. The van der Waals surface area contributed by atoms with Crippen LogP contribution in [0.15, 0.2) is 35.6 Å². The van der Waals surface area contributed by atoms with Gasteiger partial charge >= 0.3 is 0 Å². The van der Waals surface area contributed by atoms with Gasteiger partial charge in [-0.05, 0) is 49.1 Å². The molecule has 0 bridgehead atoms. The molecule has 5 nitrogen and oxygen atoms in total. The lowest BCUT2D eigenvalue weighted by molar-refractivity contribution is 0.455. The van der Waals surface area contributed by atoms with Gasteiger partial charge in [-0.1, -0.05) is 13.8 Å². The van der Waals surface area contributed by atoms with Crippen LogP contribution in [-0.2, 0) is 5.41 Å². The molecule has 6 heteroatoms. The second kappa shape index (κ2) is 5.12. The van der Waals surface area contributed by atoms with Crippen LogP contribution in [0, 0.1) is 11.7 Å². The van der Waals surface area contributed by atoms with Gasteiger partial charge in [0, 0.05) is 22.9 Å². The van der Waals surface area contributed by atoms with Gasteiger partial charge in [0.25, 0.3) is 0 Å². The van der Waals surface area contributed by atoms with Gasteiger partial charge < -0.3 is 5.73 Å². The number of halogens is 1. The number of nitrogens with two attached hydrogens (primary N) is 1. The van der Waals surface area contributed by atoms with Crippen molar-refractivity contribution in [3.8, 4) is 11.1 Å². The third kappa shape index (κ3) is 2.10. The summed E-state index contributed by atoms with van der Waals surface area (Å²) in [5.74, 6) is 0.208. The summed E-state index contributed by atoms with van der Waals surface area (Å²) in [7, 11) is 0. The zero-order valence-electron chi connectivity index (χ0n) is 14.7. The maximum Gasteiger partial charge on any atom is 0.238 e. The second-order valence-corrected chi connectivity index (χ2v) is 7.08. The molecule has 1 unspecified atom stereocenters. The highest BCUT2D eigenvalue weighted by Gasteiger charge is 2.41. The van der Waals surface area contributed by atoms with Crippen molar-refractivity contribution >= 4 is 22.9 Å². The molecule has 128 valence electrons. The van der Waals surface area contributed by atoms with Crippen LogP contribution in [0.25, 0.3) is 16.6 Å². The molecule has 25 heavy (non-hydrogen) atoms. The molecule has 1 aliphatic heterocycles. The Hall–Kier alpha value is -2.76. The summed E-state index contributed by atoms with van der Waals surface area (Å²) >= 11 is 0. The van der Waals surface area contributed by atoms with Crippen LogP contribution in [0.2, 0.25) is 0 Å². The normalized spacial score (nSPS) is 19.5. The Labute approximate surface area is 145 Å². The van der Waals surface area contributed by atoms with Gasteiger partial charge in [0.15, 0.2) is 0 Å². The molecule has 1 atom stereocenters. The first-order valence-electron chi connectivity index (χ1n) is 8.32. The Bertz CT molecular complexity index is 1030. The first-order chi connectivity index (χ1) is 11.8. The predicted molar refractivity (Wildman–Crippen MR) is 97.8 cm³/mol. The summed E-state index contributed by atoms with van der Waals surface area (Å²) in [6.07, 6.45) is 3.46. The van der Waals surface area contributed by atoms with E-state index in [4.69, 9.17) is 5.73 Å². The van der Waals surface area contributed by atoms with E-state index >= 15 is 0 Å². The lowest BCUT2D eigenvalue weighted by Crippen LogP contribution is -2.33. The molecule has 3 aromatic rings. The molecule has 2 N–H and O–H groups in total. The monoisotopic (exact) mass is 337 g/mol. The Morgan fingerprint density at radius 2 is 2.04 bits per heavy atom. The van der Waals surface area contributed by atoms with E-state index in [2.05, 4.69) is 35.8 Å². The molecule has 0 amide bonds. The van der Waals surface area contributed by atoms with Crippen molar-refractivity contribution in [2.45, 2.75) is 33.1 Å². The van der Waals surface area contributed by atoms with Crippen LogP contribution >= 0.6 is 0 Å². The minimum absolute atomic E-state index is 0.200. The van der Waals surface area contributed by atoms with E-state index in [-0.39, 0.29) is 17.2 Å². The van der Waals surface area contributed by atoms with Gasteiger partial charge in [0.2, 0.25) is 5.95 Å². The lowest BCUT2D eigenvalue weighted by atomic mass is 9.71. The maximum absolute atomic E-state index is 14.8. The van der Waals surface area contributed by atoms with Gasteiger partial charge in [-0.15, -0.1) is 5.10 Å². The third-order valence-corrected chi connectivity index (χ3v) is 5.55. The van der Waals surface area contributed by atoms with E-state index in [1.165, 1.54) is 6.07 Å². The van der Waals surface area contributed by atoms with Crippen LogP contribution < -0.4 is 5.73 Å². The molecule has 0 aliphatic carbocycles. The standard InChI is InChI=1S/C19H20FN5/c1-10(2)19(4)11(3)23-17-14(19)7-12(8-15(17)20)13-5-6-25-16(13)9-22-18(21)24-25/h5-10H,1-4H3,(H2,21,24). The zero-order chi connectivity index (χ0) is 17.9. The SMILES string of the molecule is CC1=Nc2c(F)cc(-c3ccn4nc(N)ncc34)cc2C1(C)C(C)C. The Balaban J connectivity index is 1.95. The maximum atomic E-state index is 14.8. The molecule has 0 saturated heterocycles. The number of aromatic nitrogens is 3. The van der Waals surface area contributed by atoms with E-state index in [0.29, 0.717) is 11.6 Å². The largest absolute Gasteiger partial charge is 0.367 e. The van der Waals surface area contributed by atoms with E-state index < -0.39 is 0 Å². The van der Waals surface area contributed by atoms with Gasteiger partial charge in [-0.3, -0.25) is 4.99 Å². The van der Waals surface area contributed by atoms with Crippen molar-refractivity contribution in [2.75, 3.05) is 5.73 Å².